The quantitative estimate of drug-likeness (QED) is 0.170. The van der Waals surface area contributed by atoms with E-state index in [1.54, 1.807) is 26.0 Å². The van der Waals surface area contributed by atoms with Crippen molar-refractivity contribution < 1.29 is 29.1 Å². The minimum absolute atomic E-state index is 0.0831. The SMILES string of the molecule is CC1(C)SCSC[C@@H](NC(=O)[C@@H](N)Cc2ccc(O)cc2)C(=O)N[C@@H](Cc2ccccc2)C(=O)N[C@@H](Cc2ccccc2)C(=O)N[C@@H]1C(N)=O. The Kier molecular flexibility index (Phi) is 13.7. The molecular weight excluding hydrogens is 677 g/mol. The van der Waals surface area contributed by atoms with Crippen molar-refractivity contribution in [2.24, 2.45) is 11.5 Å². The second-order valence-corrected chi connectivity index (χ2v) is 15.6. The number of nitrogens with two attached hydrogens (primary N) is 2. The van der Waals surface area contributed by atoms with Gasteiger partial charge >= 0.3 is 0 Å². The van der Waals surface area contributed by atoms with Crippen LogP contribution in [0, 0.1) is 0 Å². The molecule has 0 aromatic heterocycles. The van der Waals surface area contributed by atoms with Crippen molar-refractivity contribution in [3.05, 3.63) is 102 Å². The van der Waals surface area contributed by atoms with Crippen LogP contribution in [-0.2, 0) is 43.2 Å². The molecule has 1 heterocycles. The van der Waals surface area contributed by atoms with Crippen LogP contribution in [0.2, 0.25) is 0 Å². The summed E-state index contributed by atoms with van der Waals surface area (Å²) in [6, 6.07) is 19.1. The first-order chi connectivity index (χ1) is 23.8. The summed E-state index contributed by atoms with van der Waals surface area (Å²) in [5, 5.41) is 21.1. The minimum Gasteiger partial charge on any atom is -0.508 e. The predicted molar refractivity (Wildman–Crippen MR) is 196 cm³/mol. The number of hydrogen-bond acceptors (Lipinski definition) is 9. The van der Waals surface area contributed by atoms with E-state index in [1.807, 2.05) is 60.7 Å². The van der Waals surface area contributed by atoms with E-state index in [2.05, 4.69) is 21.3 Å². The Bertz CT molecular complexity index is 1630. The molecule has 3 aromatic rings. The Morgan fingerprint density at radius 3 is 1.88 bits per heavy atom. The number of rotatable bonds is 9. The van der Waals surface area contributed by atoms with Crippen molar-refractivity contribution in [1.82, 2.24) is 21.3 Å². The molecular formula is C36H44N6O6S2. The largest absolute Gasteiger partial charge is 0.508 e. The van der Waals surface area contributed by atoms with Crippen LogP contribution in [0.5, 0.6) is 5.75 Å². The number of carbonyl (C=O) groups excluding carboxylic acids is 5. The van der Waals surface area contributed by atoms with Crippen molar-refractivity contribution in [3.8, 4) is 5.75 Å². The monoisotopic (exact) mass is 720 g/mol. The fraction of sp³-hybridized carbons (Fsp3) is 0.361. The van der Waals surface area contributed by atoms with Crippen LogP contribution in [0.4, 0.5) is 0 Å². The van der Waals surface area contributed by atoms with Gasteiger partial charge in [-0.15, -0.1) is 23.5 Å². The Morgan fingerprint density at radius 1 is 0.820 bits per heavy atom. The lowest BCUT2D eigenvalue weighted by atomic mass is 9.99. The molecule has 0 saturated carbocycles. The van der Waals surface area contributed by atoms with Gasteiger partial charge in [0.2, 0.25) is 29.5 Å². The zero-order chi connectivity index (χ0) is 36.3. The Balaban J connectivity index is 1.65. The third kappa shape index (κ3) is 11.3. The van der Waals surface area contributed by atoms with Gasteiger partial charge in [0, 0.05) is 28.4 Å². The number of nitrogens with one attached hydrogen (secondary N) is 4. The maximum atomic E-state index is 14.0. The zero-order valence-corrected chi connectivity index (χ0v) is 29.6. The number of aromatic hydroxyl groups is 1. The molecule has 0 unspecified atom stereocenters. The summed E-state index contributed by atoms with van der Waals surface area (Å²) in [6.45, 7) is 3.56. The van der Waals surface area contributed by atoms with Crippen molar-refractivity contribution in [3.63, 3.8) is 0 Å². The number of phenols is 1. The molecule has 0 spiro atoms. The molecule has 14 heteroatoms. The summed E-state index contributed by atoms with van der Waals surface area (Å²) in [6.07, 6.45) is 0.366. The number of primary amides is 1. The summed E-state index contributed by atoms with van der Waals surface area (Å²) >= 11 is 2.69. The van der Waals surface area contributed by atoms with E-state index in [0.29, 0.717) is 5.08 Å². The smallest absolute Gasteiger partial charge is 0.244 e. The molecule has 266 valence electrons. The van der Waals surface area contributed by atoms with E-state index in [9.17, 15) is 29.1 Å². The van der Waals surface area contributed by atoms with E-state index in [1.165, 1.54) is 35.7 Å². The maximum absolute atomic E-state index is 14.0. The number of carbonyl (C=O) groups is 5. The van der Waals surface area contributed by atoms with Crippen LogP contribution >= 0.6 is 23.5 Å². The van der Waals surface area contributed by atoms with Crippen LogP contribution in [0.25, 0.3) is 0 Å². The molecule has 12 nitrogen and oxygen atoms in total. The molecule has 1 aliphatic rings. The molecule has 50 heavy (non-hydrogen) atoms. The Morgan fingerprint density at radius 2 is 1.34 bits per heavy atom. The molecule has 1 fully saturated rings. The highest BCUT2D eigenvalue weighted by molar-refractivity contribution is 8.16. The second-order valence-electron chi connectivity index (χ2n) is 12.6. The van der Waals surface area contributed by atoms with E-state index in [0.717, 1.165) is 16.7 Å². The lowest BCUT2D eigenvalue weighted by molar-refractivity contribution is -0.134. The van der Waals surface area contributed by atoms with Crippen molar-refractivity contribution in [1.29, 1.82) is 0 Å². The highest BCUT2D eigenvalue weighted by atomic mass is 32.2. The summed E-state index contributed by atoms with van der Waals surface area (Å²) in [5.74, 6) is -2.92. The lowest BCUT2D eigenvalue weighted by Gasteiger charge is -2.33. The van der Waals surface area contributed by atoms with E-state index < -0.39 is 64.5 Å². The molecule has 3 aromatic carbocycles. The zero-order valence-electron chi connectivity index (χ0n) is 28.0. The molecule has 0 aliphatic carbocycles. The van der Waals surface area contributed by atoms with Gasteiger partial charge < -0.3 is 37.8 Å². The highest BCUT2D eigenvalue weighted by Gasteiger charge is 2.38. The summed E-state index contributed by atoms with van der Waals surface area (Å²) in [5.41, 5.74) is 14.3. The van der Waals surface area contributed by atoms with Gasteiger partial charge in [-0.05, 0) is 49.1 Å². The second kappa shape index (κ2) is 17.9. The van der Waals surface area contributed by atoms with Crippen molar-refractivity contribution in [2.75, 3.05) is 10.8 Å². The predicted octanol–water partition coefficient (Wildman–Crippen LogP) is 1.39. The Hall–Kier alpha value is -4.53. The number of hydrogen-bond donors (Lipinski definition) is 7. The third-order valence-electron chi connectivity index (χ3n) is 8.26. The maximum Gasteiger partial charge on any atom is 0.244 e. The van der Waals surface area contributed by atoms with Gasteiger partial charge in [0.25, 0.3) is 0 Å². The molecule has 1 saturated heterocycles. The fourth-order valence-electron chi connectivity index (χ4n) is 5.38. The highest BCUT2D eigenvalue weighted by Crippen LogP contribution is 2.32. The molecule has 5 atom stereocenters. The first-order valence-corrected chi connectivity index (χ1v) is 18.3. The summed E-state index contributed by atoms with van der Waals surface area (Å²) in [7, 11) is 0. The van der Waals surface area contributed by atoms with E-state index in [4.69, 9.17) is 11.5 Å². The minimum atomic E-state index is -1.13. The van der Waals surface area contributed by atoms with Crippen LogP contribution in [-0.4, -0.2) is 80.4 Å². The number of benzene rings is 3. The van der Waals surface area contributed by atoms with Crippen LogP contribution < -0.4 is 32.7 Å². The van der Waals surface area contributed by atoms with Gasteiger partial charge in [-0.1, -0.05) is 72.8 Å². The third-order valence-corrected chi connectivity index (χ3v) is 10.9. The number of amides is 5. The standard InChI is InChI=1S/C36H44N6O6S2/c1-36(2)30(31(38)44)42-34(47)28(19-23-11-7-4-8-12-23)39-33(46)27(18-22-9-5-3-6-10-22)40-35(48)29(20-49-21-50-36)41-32(45)26(37)17-24-13-15-25(43)16-14-24/h3-16,26-30,43H,17-21,37H2,1-2H3,(H2,38,44)(H,39,46)(H,40,48)(H,41,45)(H,42,47)/t26-,27-,28-,29+,30+/m0/s1. The molecule has 0 radical (unpaired) electrons. The molecule has 1 aliphatic heterocycles. The van der Waals surface area contributed by atoms with Crippen LogP contribution in [0.15, 0.2) is 84.9 Å². The van der Waals surface area contributed by atoms with Gasteiger partial charge in [0.15, 0.2) is 0 Å². The first-order valence-electron chi connectivity index (χ1n) is 16.2. The summed E-state index contributed by atoms with van der Waals surface area (Å²) in [4.78, 5) is 67.8. The normalized spacial score (nSPS) is 22.4. The summed E-state index contributed by atoms with van der Waals surface area (Å²) < 4.78 is -0.876. The lowest BCUT2D eigenvalue weighted by Crippen LogP contribution is -2.61. The number of thioether (sulfide) groups is 2. The first kappa shape index (κ1) is 38.3. The average molecular weight is 721 g/mol. The van der Waals surface area contributed by atoms with Crippen molar-refractivity contribution in [2.45, 2.75) is 68.1 Å². The average Bonchev–Trinajstić information content (AvgIpc) is 3.09. The van der Waals surface area contributed by atoms with Crippen LogP contribution in [0.1, 0.15) is 30.5 Å². The number of phenolic OH excluding ortho intramolecular Hbond substituents is 1. The molecule has 4 rings (SSSR count). The van der Waals surface area contributed by atoms with Gasteiger partial charge in [-0.3, -0.25) is 24.0 Å². The van der Waals surface area contributed by atoms with Crippen molar-refractivity contribution >= 4 is 53.1 Å². The van der Waals surface area contributed by atoms with Gasteiger partial charge in [-0.2, -0.15) is 0 Å². The van der Waals surface area contributed by atoms with Gasteiger partial charge in [-0.25, -0.2) is 0 Å². The van der Waals surface area contributed by atoms with Crippen LogP contribution in [0.3, 0.4) is 0 Å². The van der Waals surface area contributed by atoms with Gasteiger partial charge in [0.1, 0.15) is 29.9 Å². The molecule has 0 bridgehead atoms. The fourth-order valence-corrected chi connectivity index (χ4v) is 8.12. The van der Waals surface area contributed by atoms with E-state index >= 15 is 0 Å². The van der Waals surface area contributed by atoms with Gasteiger partial charge in [0.05, 0.1) is 6.04 Å². The Labute approximate surface area is 300 Å². The molecule has 5 amide bonds. The van der Waals surface area contributed by atoms with E-state index in [-0.39, 0.29) is 30.8 Å². The molecule has 9 N–H and O–H groups in total. The topological polar surface area (TPSA) is 206 Å².